The normalized spacial score (nSPS) is 10.8. The second-order valence-electron chi connectivity index (χ2n) is 5.04. The summed E-state index contributed by atoms with van der Waals surface area (Å²) in [5, 5.41) is 24.3. The molecule has 0 fully saturated rings. The fourth-order valence-electron chi connectivity index (χ4n) is 1.55. The lowest BCUT2D eigenvalue weighted by Gasteiger charge is -2.12. The van der Waals surface area contributed by atoms with Crippen LogP contribution < -0.4 is 5.32 Å². The third-order valence-electron chi connectivity index (χ3n) is 2.92. The van der Waals surface area contributed by atoms with E-state index in [4.69, 9.17) is 5.26 Å². The van der Waals surface area contributed by atoms with E-state index in [1.165, 1.54) is 37.3 Å². The highest BCUT2D eigenvalue weighted by Crippen LogP contribution is 2.28. The van der Waals surface area contributed by atoms with Crippen molar-refractivity contribution in [2.45, 2.75) is 13.8 Å². The van der Waals surface area contributed by atoms with Crippen LogP contribution in [-0.4, -0.2) is 15.8 Å². The minimum atomic E-state index is -1.16. The number of nitro groups is 1. The Morgan fingerprint density at radius 1 is 1.50 bits per heavy atom. The number of anilines is 1. The molecule has 0 aliphatic heterocycles. The molecule has 1 N–H and O–H groups in total. The van der Waals surface area contributed by atoms with Crippen LogP contribution in [0.2, 0.25) is 0 Å². The number of amides is 1. The summed E-state index contributed by atoms with van der Waals surface area (Å²) >= 11 is 1.19. The first-order chi connectivity index (χ1) is 10.3. The smallest absolute Gasteiger partial charge is 0.270 e. The average Bonchev–Trinajstić information content (AvgIpc) is 2.95. The Hall–Kier alpha value is -2.79. The molecule has 1 aromatic heterocycles. The van der Waals surface area contributed by atoms with Gasteiger partial charge < -0.3 is 5.32 Å². The molecule has 0 aliphatic carbocycles. The third-order valence-corrected chi connectivity index (χ3v) is 3.68. The Labute approximate surface area is 130 Å². The lowest BCUT2D eigenvalue weighted by Crippen LogP contribution is -2.29. The van der Waals surface area contributed by atoms with Crippen molar-refractivity contribution in [2.24, 2.45) is 5.41 Å². The average molecular weight is 316 g/mol. The standard InChI is InChI=1S/C14H12N4O3S/c1-14(2,8-15)12(19)17-13-16-11(7-22-13)9-4-3-5-10(6-9)18(20)21/h3-7H,1-2H3,(H,16,17,19). The lowest BCUT2D eigenvalue weighted by atomic mass is 9.95. The predicted octanol–water partition coefficient (Wildman–Crippen LogP) is 3.21. The number of nitrogens with one attached hydrogen (secondary N) is 1. The Bertz CT molecular complexity index is 776. The van der Waals surface area contributed by atoms with Crippen LogP contribution >= 0.6 is 11.3 Å². The van der Waals surface area contributed by atoms with Gasteiger partial charge in [-0.2, -0.15) is 5.26 Å². The number of non-ortho nitro benzene ring substituents is 1. The predicted molar refractivity (Wildman–Crippen MR) is 82.2 cm³/mol. The minimum Gasteiger partial charge on any atom is -0.301 e. The molecule has 1 aromatic carbocycles. The Morgan fingerprint density at radius 2 is 2.23 bits per heavy atom. The Morgan fingerprint density at radius 3 is 2.86 bits per heavy atom. The SMILES string of the molecule is CC(C)(C#N)C(=O)Nc1nc(-c2cccc([N+](=O)[O-])c2)cs1. The fourth-order valence-corrected chi connectivity index (χ4v) is 2.26. The molecule has 1 heterocycles. The number of carbonyl (C=O) groups is 1. The van der Waals surface area contributed by atoms with Crippen molar-refractivity contribution in [2.75, 3.05) is 5.32 Å². The van der Waals surface area contributed by atoms with Gasteiger partial charge in [-0.05, 0) is 13.8 Å². The molecule has 0 aliphatic rings. The summed E-state index contributed by atoms with van der Waals surface area (Å²) in [5.74, 6) is -0.449. The molecule has 0 atom stereocenters. The summed E-state index contributed by atoms with van der Waals surface area (Å²) in [6.07, 6.45) is 0. The molecule has 0 bridgehead atoms. The van der Waals surface area contributed by atoms with Crippen LogP contribution in [0.1, 0.15) is 13.8 Å². The van der Waals surface area contributed by atoms with Crippen molar-refractivity contribution < 1.29 is 9.72 Å². The van der Waals surface area contributed by atoms with Gasteiger partial charge in [0.15, 0.2) is 5.13 Å². The highest BCUT2D eigenvalue weighted by atomic mass is 32.1. The van der Waals surface area contributed by atoms with Gasteiger partial charge in [0.1, 0.15) is 5.41 Å². The monoisotopic (exact) mass is 316 g/mol. The summed E-state index contributed by atoms with van der Waals surface area (Å²) in [4.78, 5) is 26.4. The zero-order valence-corrected chi connectivity index (χ0v) is 12.7. The lowest BCUT2D eigenvalue weighted by molar-refractivity contribution is -0.384. The number of nitriles is 1. The van der Waals surface area contributed by atoms with Crippen LogP contribution in [0, 0.1) is 26.9 Å². The van der Waals surface area contributed by atoms with Gasteiger partial charge in [-0.15, -0.1) is 11.3 Å². The number of hydrogen-bond donors (Lipinski definition) is 1. The zero-order valence-electron chi connectivity index (χ0n) is 11.9. The molecule has 112 valence electrons. The van der Waals surface area contributed by atoms with Crippen LogP contribution in [0.25, 0.3) is 11.3 Å². The van der Waals surface area contributed by atoms with Crippen LogP contribution in [-0.2, 0) is 4.79 Å². The maximum Gasteiger partial charge on any atom is 0.270 e. The fraction of sp³-hybridized carbons (Fsp3) is 0.214. The molecule has 0 radical (unpaired) electrons. The molecule has 8 heteroatoms. The second-order valence-corrected chi connectivity index (χ2v) is 5.89. The molecule has 1 amide bonds. The first-order valence-corrected chi connectivity index (χ1v) is 7.14. The van der Waals surface area contributed by atoms with E-state index in [9.17, 15) is 14.9 Å². The number of carbonyl (C=O) groups excluding carboxylic acids is 1. The summed E-state index contributed by atoms with van der Waals surface area (Å²) in [6, 6.07) is 8.00. The van der Waals surface area contributed by atoms with E-state index in [0.29, 0.717) is 16.4 Å². The van der Waals surface area contributed by atoms with Crippen LogP contribution in [0.3, 0.4) is 0 Å². The van der Waals surface area contributed by atoms with Crippen LogP contribution in [0.15, 0.2) is 29.6 Å². The minimum absolute atomic E-state index is 0.0262. The maximum absolute atomic E-state index is 11.9. The number of benzene rings is 1. The van der Waals surface area contributed by atoms with Gasteiger partial charge in [-0.3, -0.25) is 14.9 Å². The summed E-state index contributed by atoms with van der Waals surface area (Å²) in [5.41, 5.74) is -0.0665. The number of aromatic nitrogens is 1. The highest BCUT2D eigenvalue weighted by Gasteiger charge is 2.28. The largest absolute Gasteiger partial charge is 0.301 e. The second kappa shape index (κ2) is 5.91. The van der Waals surface area contributed by atoms with Gasteiger partial charge in [0.05, 0.1) is 16.7 Å². The highest BCUT2D eigenvalue weighted by molar-refractivity contribution is 7.14. The van der Waals surface area contributed by atoms with E-state index in [1.54, 1.807) is 17.5 Å². The van der Waals surface area contributed by atoms with E-state index >= 15 is 0 Å². The molecule has 0 spiro atoms. The first kappa shape index (κ1) is 15.6. The van der Waals surface area contributed by atoms with E-state index in [1.807, 2.05) is 6.07 Å². The molecule has 2 rings (SSSR count). The van der Waals surface area contributed by atoms with Crippen molar-refractivity contribution in [3.05, 3.63) is 39.8 Å². The summed E-state index contributed by atoms with van der Waals surface area (Å²) in [7, 11) is 0. The van der Waals surface area contributed by atoms with Gasteiger partial charge in [0.2, 0.25) is 5.91 Å². The molecule has 0 unspecified atom stereocenters. The maximum atomic E-state index is 11.9. The summed E-state index contributed by atoms with van der Waals surface area (Å²) in [6.45, 7) is 3.02. The van der Waals surface area contributed by atoms with E-state index < -0.39 is 16.2 Å². The van der Waals surface area contributed by atoms with Crippen molar-refractivity contribution in [3.63, 3.8) is 0 Å². The van der Waals surface area contributed by atoms with E-state index in [0.717, 1.165) is 0 Å². The van der Waals surface area contributed by atoms with Crippen LogP contribution in [0.4, 0.5) is 10.8 Å². The number of nitro benzene ring substituents is 1. The van der Waals surface area contributed by atoms with Crippen LogP contribution in [0.5, 0.6) is 0 Å². The molecule has 7 nitrogen and oxygen atoms in total. The zero-order chi connectivity index (χ0) is 16.3. The molecular formula is C14H12N4O3S. The van der Waals surface area contributed by atoms with E-state index in [2.05, 4.69) is 10.3 Å². The van der Waals surface area contributed by atoms with Gasteiger partial charge in [-0.25, -0.2) is 4.98 Å². The Kier molecular flexibility index (Phi) is 4.19. The van der Waals surface area contributed by atoms with Gasteiger partial charge in [0, 0.05) is 23.1 Å². The van der Waals surface area contributed by atoms with Crippen molar-refractivity contribution in [3.8, 4) is 17.3 Å². The van der Waals surface area contributed by atoms with E-state index in [-0.39, 0.29) is 5.69 Å². The molecular weight excluding hydrogens is 304 g/mol. The van der Waals surface area contributed by atoms with Crippen molar-refractivity contribution >= 4 is 28.1 Å². The number of rotatable bonds is 4. The Balaban J connectivity index is 2.22. The van der Waals surface area contributed by atoms with Gasteiger partial charge in [-0.1, -0.05) is 12.1 Å². The third kappa shape index (κ3) is 3.27. The molecule has 0 saturated heterocycles. The first-order valence-electron chi connectivity index (χ1n) is 6.26. The molecule has 22 heavy (non-hydrogen) atoms. The quantitative estimate of drug-likeness (QED) is 0.688. The number of thiazole rings is 1. The van der Waals surface area contributed by atoms with Crippen molar-refractivity contribution in [1.82, 2.24) is 4.98 Å². The van der Waals surface area contributed by atoms with Crippen molar-refractivity contribution in [1.29, 1.82) is 5.26 Å². The summed E-state index contributed by atoms with van der Waals surface area (Å²) < 4.78 is 0. The molecule has 2 aromatic rings. The van der Waals surface area contributed by atoms with Gasteiger partial charge in [0.25, 0.3) is 5.69 Å². The number of nitrogens with zero attached hydrogens (tertiary/aromatic N) is 3. The van der Waals surface area contributed by atoms with Gasteiger partial charge >= 0.3 is 0 Å². The topological polar surface area (TPSA) is 109 Å². The molecule has 0 saturated carbocycles. The number of hydrogen-bond acceptors (Lipinski definition) is 6.